The van der Waals surface area contributed by atoms with Gasteiger partial charge in [0.05, 0.1) is 10.5 Å². The number of hydrogen-bond donors (Lipinski definition) is 3. The largest absolute Gasteiger partial charge is 0.478 e. The quantitative estimate of drug-likeness (QED) is 0.649. The molecule has 0 bridgehead atoms. The summed E-state index contributed by atoms with van der Waals surface area (Å²) in [7, 11) is -3.74. The van der Waals surface area contributed by atoms with Crippen LogP contribution in [-0.4, -0.2) is 38.5 Å². The third kappa shape index (κ3) is 5.52. The van der Waals surface area contributed by atoms with Crippen LogP contribution in [0.15, 0.2) is 29.2 Å². The monoisotopic (exact) mass is 314 g/mol. The number of amides is 1. The van der Waals surface area contributed by atoms with E-state index in [-0.39, 0.29) is 29.3 Å². The Morgan fingerprint density at radius 3 is 2.29 bits per heavy atom. The van der Waals surface area contributed by atoms with Crippen molar-refractivity contribution in [3.63, 3.8) is 0 Å². The minimum absolute atomic E-state index is 0.00731. The first-order chi connectivity index (χ1) is 9.86. The van der Waals surface area contributed by atoms with Gasteiger partial charge in [0.25, 0.3) is 0 Å². The fourth-order valence-electron chi connectivity index (χ4n) is 1.51. The van der Waals surface area contributed by atoms with Crippen LogP contribution in [0, 0.1) is 0 Å². The van der Waals surface area contributed by atoms with Crippen molar-refractivity contribution in [1.29, 1.82) is 0 Å². The molecule has 0 saturated carbocycles. The second-order valence-corrected chi connectivity index (χ2v) is 6.09. The summed E-state index contributed by atoms with van der Waals surface area (Å²) in [6.07, 6.45) is 0.861. The molecule has 116 valence electrons. The van der Waals surface area contributed by atoms with Gasteiger partial charge in [0, 0.05) is 19.5 Å². The van der Waals surface area contributed by atoms with Gasteiger partial charge in [-0.05, 0) is 30.7 Å². The van der Waals surface area contributed by atoms with Crippen LogP contribution >= 0.6 is 0 Å². The van der Waals surface area contributed by atoms with Crippen molar-refractivity contribution in [2.75, 3.05) is 13.1 Å². The smallest absolute Gasteiger partial charge is 0.335 e. The topological polar surface area (TPSA) is 113 Å². The second-order valence-electron chi connectivity index (χ2n) is 4.33. The number of aromatic carboxylic acids is 1. The highest BCUT2D eigenvalue weighted by Gasteiger charge is 2.14. The van der Waals surface area contributed by atoms with Crippen molar-refractivity contribution in [2.45, 2.75) is 24.7 Å². The summed E-state index contributed by atoms with van der Waals surface area (Å²) in [6, 6.07) is 4.85. The van der Waals surface area contributed by atoms with E-state index in [2.05, 4.69) is 10.0 Å². The minimum Gasteiger partial charge on any atom is -0.478 e. The number of carbonyl (C=O) groups is 2. The maximum absolute atomic E-state index is 11.9. The summed E-state index contributed by atoms with van der Waals surface area (Å²) in [5.41, 5.74) is 0.00731. The van der Waals surface area contributed by atoms with Crippen LogP contribution in [-0.2, 0) is 14.8 Å². The molecule has 0 spiro atoms. The molecule has 1 amide bonds. The average Bonchev–Trinajstić information content (AvgIpc) is 2.45. The molecule has 0 fully saturated rings. The summed E-state index contributed by atoms with van der Waals surface area (Å²) in [5.74, 6) is -1.35. The molecule has 0 radical (unpaired) electrons. The maximum Gasteiger partial charge on any atom is 0.335 e. The number of carbonyl (C=O) groups excluding carboxylic acids is 1. The van der Waals surface area contributed by atoms with E-state index in [9.17, 15) is 18.0 Å². The molecule has 0 atom stereocenters. The zero-order chi connectivity index (χ0) is 15.9. The number of hydrogen-bond acceptors (Lipinski definition) is 4. The van der Waals surface area contributed by atoms with Crippen LogP contribution in [0.3, 0.4) is 0 Å². The van der Waals surface area contributed by atoms with Crippen molar-refractivity contribution < 1.29 is 23.1 Å². The number of carboxylic acid groups (broad SMARTS) is 1. The fraction of sp³-hybridized carbons (Fsp3) is 0.385. The highest BCUT2D eigenvalue weighted by molar-refractivity contribution is 7.89. The second kappa shape index (κ2) is 7.75. The van der Waals surface area contributed by atoms with Crippen LogP contribution in [0.5, 0.6) is 0 Å². The van der Waals surface area contributed by atoms with E-state index in [0.29, 0.717) is 6.54 Å². The van der Waals surface area contributed by atoms with Crippen LogP contribution in [0.25, 0.3) is 0 Å². The molecule has 0 heterocycles. The predicted molar refractivity (Wildman–Crippen MR) is 76.5 cm³/mol. The molecule has 3 N–H and O–H groups in total. The molecule has 8 heteroatoms. The summed E-state index contributed by atoms with van der Waals surface area (Å²) in [6.45, 7) is 2.46. The molecule has 0 aliphatic rings. The number of carboxylic acids is 1. The molecule has 0 saturated heterocycles. The number of rotatable bonds is 8. The van der Waals surface area contributed by atoms with E-state index in [1.165, 1.54) is 24.3 Å². The third-order valence-electron chi connectivity index (χ3n) is 2.63. The van der Waals surface area contributed by atoms with Crippen molar-refractivity contribution >= 4 is 21.9 Å². The zero-order valence-electron chi connectivity index (χ0n) is 11.6. The number of benzene rings is 1. The highest BCUT2D eigenvalue weighted by atomic mass is 32.2. The van der Waals surface area contributed by atoms with Gasteiger partial charge in [0.1, 0.15) is 0 Å². The molecule has 0 unspecified atom stereocenters. The van der Waals surface area contributed by atoms with Crippen LogP contribution in [0.1, 0.15) is 30.1 Å². The number of sulfonamides is 1. The first-order valence-corrected chi connectivity index (χ1v) is 7.95. The lowest BCUT2D eigenvalue weighted by molar-refractivity contribution is -0.120. The molecular formula is C13H18N2O5S. The highest BCUT2D eigenvalue weighted by Crippen LogP contribution is 2.10. The van der Waals surface area contributed by atoms with Gasteiger partial charge in [-0.2, -0.15) is 0 Å². The van der Waals surface area contributed by atoms with E-state index < -0.39 is 16.0 Å². The number of nitrogens with one attached hydrogen (secondary N) is 2. The normalized spacial score (nSPS) is 11.1. The van der Waals surface area contributed by atoms with E-state index in [4.69, 9.17) is 5.11 Å². The lowest BCUT2D eigenvalue weighted by Crippen LogP contribution is -2.31. The van der Waals surface area contributed by atoms with Gasteiger partial charge >= 0.3 is 5.97 Å². The van der Waals surface area contributed by atoms with Gasteiger partial charge in [-0.25, -0.2) is 17.9 Å². The Labute approximate surface area is 123 Å². The van der Waals surface area contributed by atoms with Crippen LogP contribution < -0.4 is 10.0 Å². The predicted octanol–water partition coefficient (Wildman–Crippen LogP) is 0.579. The Kier molecular flexibility index (Phi) is 6.32. The van der Waals surface area contributed by atoms with Gasteiger partial charge in [-0.1, -0.05) is 6.92 Å². The Morgan fingerprint density at radius 2 is 1.76 bits per heavy atom. The Hall–Kier alpha value is -1.93. The summed E-state index contributed by atoms with van der Waals surface area (Å²) in [5, 5.41) is 11.4. The van der Waals surface area contributed by atoms with E-state index in [0.717, 1.165) is 6.42 Å². The first kappa shape index (κ1) is 17.1. The molecule has 1 aromatic rings. The van der Waals surface area contributed by atoms with Crippen molar-refractivity contribution in [3.05, 3.63) is 29.8 Å². The Bertz CT molecular complexity index is 595. The molecular weight excluding hydrogens is 296 g/mol. The standard InChI is InChI=1S/C13H18N2O5S/c1-2-8-14-12(16)7-9-15-21(19,20)11-5-3-10(4-6-11)13(17)18/h3-6,15H,2,7-9H2,1H3,(H,14,16)(H,17,18). The molecule has 1 aromatic carbocycles. The first-order valence-electron chi connectivity index (χ1n) is 6.46. The van der Waals surface area contributed by atoms with Crippen LogP contribution in [0.4, 0.5) is 0 Å². The lowest BCUT2D eigenvalue weighted by atomic mass is 10.2. The van der Waals surface area contributed by atoms with Gasteiger partial charge in [-0.3, -0.25) is 4.79 Å². The molecule has 0 aliphatic heterocycles. The van der Waals surface area contributed by atoms with E-state index in [1.54, 1.807) is 0 Å². The molecule has 0 aromatic heterocycles. The van der Waals surface area contributed by atoms with E-state index >= 15 is 0 Å². The van der Waals surface area contributed by atoms with Gasteiger partial charge < -0.3 is 10.4 Å². The molecule has 21 heavy (non-hydrogen) atoms. The Morgan fingerprint density at radius 1 is 1.14 bits per heavy atom. The van der Waals surface area contributed by atoms with Crippen molar-refractivity contribution in [2.24, 2.45) is 0 Å². The average molecular weight is 314 g/mol. The van der Waals surface area contributed by atoms with Gasteiger partial charge in [0.15, 0.2) is 0 Å². The van der Waals surface area contributed by atoms with Crippen molar-refractivity contribution in [1.82, 2.24) is 10.0 Å². The summed E-state index contributed by atoms with van der Waals surface area (Å²) >= 11 is 0. The third-order valence-corrected chi connectivity index (χ3v) is 4.10. The minimum atomic E-state index is -3.74. The SMILES string of the molecule is CCCNC(=O)CCNS(=O)(=O)c1ccc(C(=O)O)cc1. The van der Waals surface area contributed by atoms with Gasteiger partial charge in [0.2, 0.25) is 15.9 Å². The van der Waals surface area contributed by atoms with Crippen LogP contribution in [0.2, 0.25) is 0 Å². The summed E-state index contributed by atoms with van der Waals surface area (Å²) < 4.78 is 26.1. The lowest BCUT2D eigenvalue weighted by Gasteiger charge is -2.07. The van der Waals surface area contributed by atoms with E-state index in [1.807, 2.05) is 6.92 Å². The Balaban J connectivity index is 2.57. The molecule has 1 rings (SSSR count). The van der Waals surface area contributed by atoms with Crippen molar-refractivity contribution in [3.8, 4) is 0 Å². The molecule has 0 aliphatic carbocycles. The maximum atomic E-state index is 11.9. The molecule has 7 nitrogen and oxygen atoms in total. The fourth-order valence-corrected chi connectivity index (χ4v) is 2.54. The van der Waals surface area contributed by atoms with Gasteiger partial charge in [-0.15, -0.1) is 0 Å². The summed E-state index contributed by atoms with van der Waals surface area (Å²) in [4.78, 5) is 22.0. The zero-order valence-corrected chi connectivity index (χ0v) is 12.4.